The lowest BCUT2D eigenvalue weighted by molar-refractivity contribution is -0.113. The van der Waals surface area contributed by atoms with E-state index in [2.05, 4.69) is 29.1 Å². The minimum absolute atomic E-state index is 0.0845. The van der Waals surface area contributed by atoms with Crippen molar-refractivity contribution in [3.63, 3.8) is 0 Å². The summed E-state index contributed by atoms with van der Waals surface area (Å²) in [6.45, 7) is 4.67. The molecule has 1 aliphatic rings. The summed E-state index contributed by atoms with van der Waals surface area (Å²) in [7, 11) is 0. The molecule has 0 saturated carbocycles. The van der Waals surface area contributed by atoms with E-state index in [4.69, 9.17) is 14.1 Å². The fraction of sp³-hybridized carbons (Fsp3) is 0.200. The number of hydrogen-bond acceptors (Lipinski definition) is 8. The molecule has 1 aliphatic heterocycles. The second kappa shape index (κ2) is 9.44. The number of rotatable bonds is 5. The summed E-state index contributed by atoms with van der Waals surface area (Å²) in [5.41, 5.74) is 4.41. The van der Waals surface area contributed by atoms with Crippen LogP contribution >= 0.6 is 23.1 Å². The molecule has 4 aromatic heterocycles. The molecule has 0 aliphatic carbocycles. The van der Waals surface area contributed by atoms with Gasteiger partial charge < -0.3 is 14.5 Å². The molecule has 5 heterocycles. The summed E-state index contributed by atoms with van der Waals surface area (Å²) in [5.74, 6) is 0.867. The van der Waals surface area contributed by atoms with E-state index in [9.17, 15) is 4.79 Å². The number of thioether (sulfide) groups is 1. The Morgan fingerprint density at radius 2 is 1.95 bits per heavy atom. The Balaban J connectivity index is 1.25. The average molecular weight is 553 g/mol. The van der Waals surface area contributed by atoms with Gasteiger partial charge in [0, 0.05) is 28.4 Å². The largest absolute Gasteiger partial charge is 0.463 e. The topological polar surface area (TPSA) is 90.1 Å². The fourth-order valence-corrected chi connectivity index (χ4v) is 7.19. The lowest BCUT2D eigenvalue weighted by atomic mass is 9.89. The highest BCUT2D eigenvalue weighted by molar-refractivity contribution is 8.00. The third kappa shape index (κ3) is 4.36. The fourth-order valence-electron chi connectivity index (χ4n) is 5.16. The number of thiophene rings is 1. The van der Waals surface area contributed by atoms with Crippen LogP contribution in [0.3, 0.4) is 0 Å². The zero-order valence-electron chi connectivity index (χ0n) is 21.4. The standard InChI is InChI=1S/C30H24N4O3S2/c1-30(2)13-19-20(14-37-30)25(22-11-6-12-36-22)34-28-24(19)26-27(39-28)29(32-16-31-26)38-15-23(35)33-21-10-5-8-17-7-3-4-9-18(17)21/h3-12,16H,13-15H2,1-2H3,(H,33,35). The number of pyridine rings is 1. The smallest absolute Gasteiger partial charge is 0.234 e. The lowest BCUT2D eigenvalue weighted by Crippen LogP contribution is -2.32. The number of aromatic nitrogens is 3. The molecule has 1 N–H and O–H groups in total. The van der Waals surface area contributed by atoms with Crippen LogP contribution < -0.4 is 5.32 Å². The molecule has 39 heavy (non-hydrogen) atoms. The Bertz CT molecular complexity index is 1870. The molecule has 7 nitrogen and oxygen atoms in total. The minimum atomic E-state index is -0.305. The summed E-state index contributed by atoms with van der Waals surface area (Å²) in [6.07, 6.45) is 3.98. The van der Waals surface area contributed by atoms with Crippen molar-refractivity contribution in [3.8, 4) is 11.5 Å². The predicted molar refractivity (Wildman–Crippen MR) is 156 cm³/mol. The number of nitrogens with one attached hydrogen (secondary N) is 1. The highest BCUT2D eigenvalue weighted by atomic mass is 32.2. The monoisotopic (exact) mass is 552 g/mol. The van der Waals surface area contributed by atoms with E-state index in [1.54, 1.807) is 23.9 Å². The van der Waals surface area contributed by atoms with Gasteiger partial charge in [0.2, 0.25) is 5.91 Å². The van der Waals surface area contributed by atoms with Crippen molar-refractivity contribution in [1.29, 1.82) is 0 Å². The first-order chi connectivity index (χ1) is 19.0. The zero-order valence-corrected chi connectivity index (χ0v) is 23.0. The van der Waals surface area contributed by atoms with Crippen LogP contribution in [0.25, 0.3) is 42.7 Å². The van der Waals surface area contributed by atoms with Gasteiger partial charge in [-0.25, -0.2) is 15.0 Å². The van der Waals surface area contributed by atoms with Gasteiger partial charge in [0.15, 0.2) is 5.76 Å². The van der Waals surface area contributed by atoms with Gasteiger partial charge in [-0.1, -0.05) is 48.2 Å². The number of furan rings is 1. The minimum Gasteiger partial charge on any atom is -0.463 e. The zero-order chi connectivity index (χ0) is 26.6. The summed E-state index contributed by atoms with van der Waals surface area (Å²) in [5, 5.41) is 6.99. The first-order valence-corrected chi connectivity index (χ1v) is 14.4. The number of anilines is 1. The molecule has 0 radical (unpaired) electrons. The number of nitrogens with zero attached hydrogens (tertiary/aromatic N) is 3. The summed E-state index contributed by atoms with van der Waals surface area (Å²) >= 11 is 2.97. The number of fused-ring (bicyclic) bond motifs is 6. The molecule has 0 unspecified atom stereocenters. The van der Waals surface area contributed by atoms with Crippen LogP contribution in [0.4, 0.5) is 5.69 Å². The number of ether oxygens (including phenoxy) is 1. The van der Waals surface area contributed by atoms with Gasteiger partial charge in [-0.15, -0.1) is 11.3 Å². The highest BCUT2D eigenvalue weighted by Gasteiger charge is 2.32. The van der Waals surface area contributed by atoms with E-state index in [0.717, 1.165) is 65.4 Å². The number of benzene rings is 2. The number of carbonyl (C=O) groups is 1. The maximum absolute atomic E-state index is 13.0. The van der Waals surface area contributed by atoms with Crippen molar-refractivity contribution in [3.05, 3.63) is 78.3 Å². The van der Waals surface area contributed by atoms with Crippen LogP contribution in [-0.2, 0) is 22.6 Å². The maximum Gasteiger partial charge on any atom is 0.234 e. The van der Waals surface area contributed by atoms with Crippen LogP contribution in [0.1, 0.15) is 25.0 Å². The number of amides is 1. The van der Waals surface area contributed by atoms with Gasteiger partial charge in [0.05, 0.1) is 34.4 Å². The van der Waals surface area contributed by atoms with Crippen molar-refractivity contribution in [2.24, 2.45) is 0 Å². The van der Waals surface area contributed by atoms with Crippen LogP contribution in [-0.4, -0.2) is 32.2 Å². The van der Waals surface area contributed by atoms with E-state index in [-0.39, 0.29) is 17.3 Å². The second-order valence-electron chi connectivity index (χ2n) is 10.1. The molecule has 0 fully saturated rings. The molecular weight excluding hydrogens is 528 g/mol. The molecule has 0 atom stereocenters. The molecule has 2 aromatic carbocycles. The highest BCUT2D eigenvalue weighted by Crippen LogP contribution is 2.44. The van der Waals surface area contributed by atoms with Crippen LogP contribution in [0.2, 0.25) is 0 Å². The second-order valence-corrected chi connectivity index (χ2v) is 12.1. The van der Waals surface area contributed by atoms with Crippen molar-refractivity contribution < 1.29 is 13.9 Å². The van der Waals surface area contributed by atoms with E-state index >= 15 is 0 Å². The van der Waals surface area contributed by atoms with E-state index < -0.39 is 0 Å². The molecule has 9 heteroatoms. The summed E-state index contributed by atoms with van der Waals surface area (Å²) in [6, 6.07) is 17.7. The lowest BCUT2D eigenvalue weighted by Gasteiger charge is -2.32. The molecule has 1 amide bonds. The van der Waals surface area contributed by atoms with Crippen molar-refractivity contribution >= 4 is 65.9 Å². The SMILES string of the molecule is CC1(C)Cc2c(c(-c3ccco3)nc3sc4c(SCC(=O)Nc5cccc6ccccc56)ncnc4c23)CO1. The van der Waals surface area contributed by atoms with Gasteiger partial charge in [0.1, 0.15) is 21.9 Å². The van der Waals surface area contributed by atoms with Crippen molar-refractivity contribution in [2.75, 3.05) is 11.1 Å². The molecule has 0 saturated heterocycles. The third-order valence-corrected chi connectivity index (χ3v) is 9.15. The molecule has 0 bridgehead atoms. The van der Waals surface area contributed by atoms with Gasteiger partial charge in [-0.2, -0.15) is 0 Å². The van der Waals surface area contributed by atoms with Crippen molar-refractivity contribution in [1.82, 2.24) is 15.0 Å². The normalized spacial score (nSPS) is 14.6. The quantitative estimate of drug-likeness (QED) is 0.178. The molecular formula is C30H24N4O3S2. The Labute approximate surface area is 232 Å². The Morgan fingerprint density at radius 3 is 2.82 bits per heavy atom. The average Bonchev–Trinajstić information content (AvgIpc) is 3.60. The van der Waals surface area contributed by atoms with E-state index in [1.165, 1.54) is 17.3 Å². The van der Waals surface area contributed by atoms with Crippen LogP contribution in [0.5, 0.6) is 0 Å². The predicted octanol–water partition coefficient (Wildman–Crippen LogP) is 7.23. The Morgan fingerprint density at radius 1 is 1.08 bits per heavy atom. The molecule has 194 valence electrons. The van der Waals surface area contributed by atoms with Crippen LogP contribution in [0, 0.1) is 0 Å². The number of hydrogen-bond donors (Lipinski definition) is 1. The van der Waals surface area contributed by atoms with Crippen molar-refractivity contribution in [2.45, 2.75) is 37.5 Å². The van der Waals surface area contributed by atoms with Gasteiger partial charge >= 0.3 is 0 Å². The Hall–Kier alpha value is -3.79. The third-order valence-electron chi connectivity index (χ3n) is 6.95. The first-order valence-electron chi connectivity index (χ1n) is 12.6. The maximum atomic E-state index is 13.0. The molecule has 0 spiro atoms. The summed E-state index contributed by atoms with van der Waals surface area (Å²) < 4.78 is 12.8. The Kier molecular flexibility index (Phi) is 5.88. The van der Waals surface area contributed by atoms with E-state index in [1.807, 2.05) is 54.6 Å². The number of carbonyl (C=O) groups excluding carboxylic acids is 1. The van der Waals surface area contributed by atoms with Gasteiger partial charge in [0.25, 0.3) is 0 Å². The summed E-state index contributed by atoms with van der Waals surface area (Å²) in [4.78, 5) is 28.1. The van der Waals surface area contributed by atoms with Crippen LogP contribution in [0.15, 0.2) is 76.6 Å². The first kappa shape index (κ1) is 24.3. The molecule has 7 rings (SSSR count). The molecule has 6 aromatic rings. The van der Waals surface area contributed by atoms with Gasteiger partial charge in [-0.05, 0) is 43.0 Å². The van der Waals surface area contributed by atoms with Gasteiger partial charge in [-0.3, -0.25) is 4.79 Å². The van der Waals surface area contributed by atoms with E-state index in [0.29, 0.717) is 6.61 Å².